The van der Waals surface area contributed by atoms with Crippen LogP contribution in [-0.4, -0.2) is 29.5 Å². The molecule has 0 radical (unpaired) electrons. The van der Waals surface area contributed by atoms with Gasteiger partial charge in [0.05, 0.1) is 6.10 Å². The van der Waals surface area contributed by atoms with E-state index >= 15 is 0 Å². The van der Waals surface area contributed by atoms with Crippen LogP contribution in [0, 0.1) is 5.82 Å². The first-order chi connectivity index (χ1) is 9.16. The summed E-state index contributed by atoms with van der Waals surface area (Å²) in [6.45, 7) is 2.96. The third-order valence-corrected chi connectivity index (χ3v) is 4.92. The molecule has 2 atom stereocenters. The van der Waals surface area contributed by atoms with Crippen molar-refractivity contribution in [3.8, 4) is 0 Å². The number of ketones is 1. The van der Waals surface area contributed by atoms with Gasteiger partial charge >= 0.3 is 0 Å². The fourth-order valence-electron chi connectivity index (χ4n) is 2.18. The Morgan fingerprint density at radius 2 is 2.16 bits per heavy atom. The summed E-state index contributed by atoms with van der Waals surface area (Å²) >= 11 is 1.89. The first kappa shape index (κ1) is 14.5. The predicted octanol–water partition coefficient (Wildman–Crippen LogP) is 3.70. The van der Waals surface area contributed by atoms with E-state index < -0.39 is 0 Å². The normalized spacial score (nSPS) is 22.6. The maximum atomic E-state index is 12.7. The van der Waals surface area contributed by atoms with E-state index in [1.807, 2.05) is 11.8 Å². The molecule has 1 fully saturated rings. The Morgan fingerprint density at radius 3 is 2.79 bits per heavy atom. The second-order valence-corrected chi connectivity index (χ2v) is 6.15. The molecule has 0 N–H and O–H groups in total. The molecule has 1 aromatic carbocycles. The number of rotatable bonds is 6. The summed E-state index contributed by atoms with van der Waals surface area (Å²) in [5, 5.41) is 0.570. The molecule has 0 bridgehead atoms. The van der Waals surface area contributed by atoms with E-state index in [-0.39, 0.29) is 11.6 Å². The molecule has 1 saturated heterocycles. The highest BCUT2D eigenvalue weighted by molar-refractivity contribution is 7.99. The molecule has 1 aliphatic rings. The summed E-state index contributed by atoms with van der Waals surface area (Å²) in [5.41, 5.74) is 0.601. The third-order valence-electron chi connectivity index (χ3n) is 3.35. The van der Waals surface area contributed by atoms with E-state index in [2.05, 4.69) is 6.92 Å². The van der Waals surface area contributed by atoms with Gasteiger partial charge in [-0.25, -0.2) is 4.39 Å². The van der Waals surface area contributed by atoms with Crippen LogP contribution < -0.4 is 0 Å². The van der Waals surface area contributed by atoms with Gasteiger partial charge in [-0.1, -0.05) is 0 Å². The summed E-state index contributed by atoms with van der Waals surface area (Å²) in [7, 11) is 0. The minimum Gasteiger partial charge on any atom is -0.377 e. The minimum atomic E-state index is -0.303. The summed E-state index contributed by atoms with van der Waals surface area (Å²) in [6, 6.07) is 5.77. The molecule has 0 saturated carbocycles. The van der Waals surface area contributed by atoms with Crippen LogP contribution in [0.1, 0.15) is 36.5 Å². The summed E-state index contributed by atoms with van der Waals surface area (Å²) in [6.07, 6.45) is 2.83. The largest absolute Gasteiger partial charge is 0.377 e. The lowest BCUT2D eigenvalue weighted by Crippen LogP contribution is -2.14. The summed E-state index contributed by atoms with van der Waals surface area (Å²) in [5.74, 6) is 0.768. The highest BCUT2D eigenvalue weighted by atomic mass is 32.2. The number of carbonyl (C=O) groups is 1. The van der Waals surface area contributed by atoms with E-state index in [9.17, 15) is 9.18 Å². The maximum Gasteiger partial charge on any atom is 0.162 e. The second kappa shape index (κ2) is 7.06. The van der Waals surface area contributed by atoms with Crippen LogP contribution in [0.15, 0.2) is 24.3 Å². The van der Waals surface area contributed by atoms with Gasteiger partial charge in [-0.05, 0) is 49.8 Å². The molecular weight excluding hydrogens is 263 g/mol. The number of thioether (sulfide) groups is 1. The molecule has 0 amide bonds. The Bertz CT molecular complexity index is 419. The van der Waals surface area contributed by atoms with E-state index in [1.165, 1.54) is 12.1 Å². The summed E-state index contributed by atoms with van der Waals surface area (Å²) in [4.78, 5) is 11.9. The average Bonchev–Trinajstić information content (AvgIpc) is 2.81. The van der Waals surface area contributed by atoms with Crippen molar-refractivity contribution in [2.24, 2.45) is 0 Å². The number of benzene rings is 1. The Balaban J connectivity index is 1.68. The van der Waals surface area contributed by atoms with Gasteiger partial charge in [-0.2, -0.15) is 11.8 Å². The second-order valence-electron chi connectivity index (χ2n) is 4.81. The van der Waals surface area contributed by atoms with Gasteiger partial charge in [-0.3, -0.25) is 4.79 Å². The molecule has 19 heavy (non-hydrogen) atoms. The fraction of sp³-hybridized carbons (Fsp3) is 0.533. The number of ether oxygens (including phenoxy) is 1. The monoisotopic (exact) mass is 282 g/mol. The lowest BCUT2D eigenvalue weighted by Gasteiger charge is -2.12. The van der Waals surface area contributed by atoms with Crippen molar-refractivity contribution < 1.29 is 13.9 Å². The number of hydrogen-bond acceptors (Lipinski definition) is 3. The SMILES string of the molecule is CC1OCCC1SCCCC(=O)c1ccc(F)cc1. The maximum absolute atomic E-state index is 12.7. The molecule has 104 valence electrons. The van der Waals surface area contributed by atoms with E-state index in [1.54, 1.807) is 12.1 Å². The third kappa shape index (κ3) is 4.32. The molecule has 4 heteroatoms. The molecule has 1 aliphatic heterocycles. The van der Waals surface area contributed by atoms with Crippen LogP contribution in [0.2, 0.25) is 0 Å². The summed E-state index contributed by atoms with van der Waals surface area (Å²) < 4.78 is 18.2. The fourth-order valence-corrected chi connectivity index (χ4v) is 3.40. The van der Waals surface area contributed by atoms with Crippen LogP contribution in [0.5, 0.6) is 0 Å². The van der Waals surface area contributed by atoms with E-state index in [0.29, 0.717) is 23.3 Å². The van der Waals surface area contributed by atoms with Crippen molar-refractivity contribution >= 4 is 17.5 Å². The van der Waals surface area contributed by atoms with E-state index in [4.69, 9.17) is 4.74 Å². The number of halogens is 1. The molecule has 2 unspecified atom stereocenters. The van der Waals surface area contributed by atoms with Crippen LogP contribution in [0.4, 0.5) is 4.39 Å². The first-order valence-electron chi connectivity index (χ1n) is 6.69. The van der Waals surface area contributed by atoms with Crippen LogP contribution in [0.25, 0.3) is 0 Å². The van der Waals surface area contributed by atoms with Gasteiger partial charge in [0, 0.05) is 23.8 Å². The quantitative estimate of drug-likeness (QED) is 0.588. The Kier molecular flexibility index (Phi) is 5.40. The highest BCUT2D eigenvalue weighted by Gasteiger charge is 2.24. The van der Waals surface area contributed by atoms with Gasteiger partial charge in [-0.15, -0.1) is 0 Å². The van der Waals surface area contributed by atoms with Crippen molar-refractivity contribution in [1.29, 1.82) is 0 Å². The van der Waals surface area contributed by atoms with Crippen LogP contribution in [-0.2, 0) is 4.74 Å². The van der Waals surface area contributed by atoms with Gasteiger partial charge in [0.2, 0.25) is 0 Å². The lowest BCUT2D eigenvalue weighted by molar-refractivity contribution is 0.0982. The minimum absolute atomic E-state index is 0.0938. The highest BCUT2D eigenvalue weighted by Crippen LogP contribution is 2.27. The predicted molar refractivity (Wildman–Crippen MR) is 76.2 cm³/mol. The van der Waals surface area contributed by atoms with Crippen LogP contribution in [0.3, 0.4) is 0 Å². The Morgan fingerprint density at radius 1 is 1.42 bits per heavy atom. The van der Waals surface area contributed by atoms with Crippen LogP contribution >= 0.6 is 11.8 Å². The van der Waals surface area contributed by atoms with E-state index in [0.717, 1.165) is 25.2 Å². The van der Waals surface area contributed by atoms with Crippen molar-refractivity contribution in [2.45, 2.75) is 37.5 Å². The zero-order valence-electron chi connectivity index (χ0n) is 11.1. The van der Waals surface area contributed by atoms with Gasteiger partial charge in [0.1, 0.15) is 5.82 Å². The average molecular weight is 282 g/mol. The molecular formula is C15H19FO2S. The van der Waals surface area contributed by atoms with Gasteiger partial charge in [0.25, 0.3) is 0 Å². The standard InChI is InChI=1S/C15H19FO2S/c1-11-15(8-9-18-11)19-10-2-3-14(17)12-4-6-13(16)7-5-12/h4-7,11,15H,2-3,8-10H2,1H3. The van der Waals surface area contributed by atoms with Crippen molar-refractivity contribution in [3.05, 3.63) is 35.6 Å². The lowest BCUT2D eigenvalue weighted by atomic mass is 10.1. The molecule has 2 nitrogen and oxygen atoms in total. The Hall–Kier alpha value is -0.870. The first-order valence-corrected chi connectivity index (χ1v) is 7.73. The molecule has 0 aliphatic carbocycles. The molecule has 0 spiro atoms. The topological polar surface area (TPSA) is 26.3 Å². The zero-order valence-corrected chi connectivity index (χ0v) is 11.9. The number of Topliss-reactive ketones (excluding diaryl/α,β-unsaturated/α-hetero) is 1. The van der Waals surface area contributed by atoms with Crippen molar-refractivity contribution in [2.75, 3.05) is 12.4 Å². The molecule has 1 aromatic rings. The molecule has 2 rings (SSSR count). The number of hydrogen-bond donors (Lipinski definition) is 0. The molecule has 0 aromatic heterocycles. The van der Waals surface area contributed by atoms with Gasteiger partial charge in [0.15, 0.2) is 5.78 Å². The zero-order chi connectivity index (χ0) is 13.7. The smallest absolute Gasteiger partial charge is 0.162 e. The van der Waals surface area contributed by atoms with Crippen molar-refractivity contribution in [1.82, 2.24) is 0 Å². The number of carbonyl (C=O) groups excluding carboxylic acids is 1. The van der Waals surface area contributed by atoms with Crippen molar-refractivity contribution in [3.63, 3.8) is 0 Å². The molecule has 1 heterocycles. The van der Waals surface area contributed by atoms with Gasteiger partial charge < -0.3 is 4.74 Å². The Labute approximate surface area is 117 Å².